The smallest absolute Gasteiger partial charge is 0.234 e. The predicted octanol–water partition coefficient (Wildman–Crippen LogP) is 5.34. The minimum Gasteiger partial charge on any atom is -0.497 e. The monoisotopic (exact) mass is 480 g/mol. The van der Waals surface area contributed by atoms with Gasteiger partial charge < -0.3 is 14.8 Å². The van der Waals surface area contributed by atoms with Gasteiger partial charge in [-0.3, -0.25) is 9.36 Å². The number of aromatic nitrogens is 3. The Morgan fingerprint density at radius 1 is 1.00 bits per heavy atom. The van der Waals surface area contributed by atoms with Crippen LogP contribution in [0.2, 0.25) is 5.02 Å². The molecule has 0 bridgehead atoms. The fraction of sp³-hybridized carbons (Fsp3) is 0.125. The first-order valence-corrected chi connectivity index (χ1v) is 11.4. The Morgan fingerprint density at radius 2 is 1.82 bits per heavy atom. The van der Waals surface area contributed by atoms with Gasteiger partial charge in [0, 0.05) is 16.9 Å². The van der Waals surface area contributed by atoms with E-state index in [1.807, 2.05) is 59.2 Å². The zero-order chi connectivity index (χ0) is 23.2. The number of nitrogens with one attached hydrogen (secondary N) is 1. The summed E-state index contributed by atoms with van der Waals surface area (Å²) in [4.78, 5) is 12.6. The molecule has 3 aromatic carbocycles. The fourth-order valence-corrected chi connectivity index (χ4v) is 4.20. The number of methoxy groups -OCH3 is 2. The maximum Gasteiger partial charge on any atom is 0.234 e. The topological polar surface area (TPSA) is 78.3 Å². The molecule has 7 nitrogen and oxygen atoms in total. The molecule has 0 fully saturated rings. The minimum atomic E-state index is -0.188. The van der Waals surface area contributed by atoms with Crippen LogP contribution >= 0.6 is 23.4 Å². The van der Waals surface area contributed by atoms with E-state index in [0.717, 1.165) is 17.0 Å². The van der Waals surface area contributed by atoms with Gasteiger partial charge in [-0.1, -0.05) is 53.7 Å². The average molecular weight is 481 g/mol. The highest BCUT2D eigenvalue weighted by molar-refractivity contribution is 7.99. The minimum absolute atomic E-state index is 0.146. The van der Waals surface area contributed by atoms with Crippen LogP contribution in [-0.4, -0.2) is 40.6 Å². The second kappa shape index (κ2) is 10.4. The van der Waals surface area contributed by atoms with E-state index in [1.165, 1.54) is 11.8 Å². The van der Waals surface area contributed by atoms with E-state index in [4.69, 9.17) is 21.1 Å². The Balaban J connectivity index is 1.57. The number of anilines is 1. The summed E-state index contributed by atoms with van der Waals surface area (Å²) in [5.41, 5.74) is 2.34. The van der Waals surface area contributed by atoms with Gasteiger partial charge in [-0.15, -0.1) is 10.2 Å². The van der Waals surface area contributed by atoms with Crippen molar-refractivity contribution in [2.75, 3.05) is 25.3 Å². The van der Waals surface area contributed by atoms with E-state index in [-0.39, 0.29) is 11.7 Å². The van der Waals surface area contributed by atoms with Crippen LogP contribution in [0.5, 0.6) is 11.5 Å². The molecule has 33 heavy (non-hydrogen) atoms. The predicted molar refractivity (Wildman–Crippen MR) is 131 cm³/mol. The highest BCUT2D eigenvalue weighted by Crippen LogP contribution is 2.30. The third-order valence-electron chi connectivity index (χ3n) is 4.74. The number of carbonyl (C=O) groups is 1. The van der Waals surface area contributed by atoms with Crippen molar-refractivity contribution in [2.24, 2.45) is 0 Å². The van der Waals surface area contributed by atoms with Gasteiger partial charge in [-0.2, -0.15) is 0 Å². The van der Waals surface area contributed by atoms with Crippen LogP contribution < -0.4 is 14.8 Å². The Morgan fingerprint density at radius 3 is 2.55 bits per heavy atom. The Kier molecular flexibility index (Phi) is 7.16. The van der Waals surface area contributed by atoms with Gasteiger partial charge >= 0.3 is 0 Å². The molecular formula is C24H21ClN4O3S. The van der Waals surface area contributed by atoms with Crippen LogP contribution in [0.25, 0.3) is 17.1 Å². The average Bonchev–Trinajstić information content (AvgIpc) is 3.27. The lowest BCUT2D eigenvalue weighted by Crippen LogP contribution is -2.14. The summed E-state index contributed by atoms with van der Waals surface area (Å²) in [5.74, 6) is 1.89. The molecule has 0 aliphatic rings. The van der Waals surface area contributed by atoms with Crippen molar-refractivity contribution in [3.63, 3.8) is 0 Å². The van der Waals surface area contributed by atoms with Gasteiger partial charge in [0.15, 0.2) is 11.0 Å². The molecule has 4 rings (SSSR count). The summed E-state index contributed by atoms with van der Waals surface area (Å²) in [5, 5.41) is 12.6. The molecule has 4 aromatic rings. The Bertz CT molecular complexity index is 1260. The SMILES string of the molecule is COc1cccc(-c2nnc(SCC(=O)Nc3ccc(OC)c(Cl)c3)n2-c2ccccc2)c1. The van der Waals surface area contributed by atoms with Gasteiger partial charge in [-0.05, 0) is 42.5 Å². The quantitative estimate of drug-likeness (QED) is 0.343. The Labute approximate surface area is 200 Å². The zero-order valence-corrected chi connectivity index (χ0v) is 19.6. The maximum atomic E-state index is 12.6. The molecule has 1 N–H and O–H groups in total. The fourth-order valence-electron chi connectivity index (χ4n) is 3.19. The van der Waals surface area contributed by atoms with Crippen LogP contribution in [0.4, 0.5) is 5.69 Å². The van der Waals surface area contributed by atoms with Gasteiger partial charge in [0.1, 0.15) is 11.5 Å². The second-order valence-corrected chi connectivity index (χ2v) is 8.24. The number of ether oxygens (including phenoxy) is 2. The summed E-state index contributed by atoms with van der Waals surface area (Å²) in [7, 11) is 3.16. The zero-order valence-electron chi connectivity index (χ0n) is 18.0. The molecule has 0 aliphatic carbocycles. The number of carbonyl (C=O) groups excluding carboxylic acids is 1. The van der Waals surface area contributed by atoms with E-state index in [0.29, 0.717) is 27.4 Å². The van der Waals surface area contributed by atoms with Crippen LogP contribution in [0.3, 0.4) is 0 Å². The molecule has 0 unspecified atom stereocenters. The van der Waals surface area contributed by atoms with E-state index in [1.54, 1.807) is 32.4 Å². The molecule has 0 atom stereocenters. The lowest BCUT2D eigenvalue weighted by molar-refractivity contribution is -0.113. The first-order chi connectivity index (χ1) is 16.1. The number of benzene rings is 3. The summed E-state index contributed by atoms with van der Waals surface area (Å²) < 4.78 is 12.4. The Hall–Kier alpha value is -3.49. The molecule has 1 aromatic heterocycles. The van der Waals surface area contributed by atoms with Crippen molar-refractivity contribution in [1.82, 2.24) is 14.8 Å². The second-order valence-electron chi connectivity index (χ2n) is 6.90. The number of nitrogens with zero attached hydrogens (tertiary/aromatic N) is 3. The maximum absolute atomic E-state index is 12.6. The lowest BCUT2D eigenvalue weighted by Gasteiger charge is -2.11. The van der Waals surface area contributed by atoms with E-state index in [2.05, 4.69) is 15.5 Å². The molecule has 0 radical (unpaired) electrons. The number of amides is 1. The number of thioether (sulfide) groups is 1. The number of rotatable bonds is 8. The molecular weight excluding hydrogens is 460 g/mol. The molecule has 168 valence electrons. The molecule has 9 heteroatoms. The van der Waals surface area contributed by atoms with Crippen LogP contribution in [-0.2, 0) is 4.79 Å². The van der Waals surface area contributed by atoms with Crippen molar-refractivity contribution >= 4 is 35.0 Å². The van der Waals surface area contributed by atoms with Gasteiger partial charge in [0.25, 0.3) is 0 Å². The largest absolute Gasteiger partial charge is 0.497 e. The first kappa shape index (κ1) is 22.7. The molecule has 0 saturated heterocycles. The highest BCUT2D eigenvalue weighted by atomic mass is 35.5. The third kappa shape index (κ3) is 5.30. The number of hydrogen-bond donors (Lipinski definition) is 1. The molecule has 0 saturated carbocycles. The lowest BCUT2D eigenvalue weighted by atomic mass is 10.2. The molecule has 0 spiro atoms. The van der Waals surface area contributed by atoms with Gasteiger partial charge in [-0.25, -0.2) is 0 Å². The van der Waals surface area contributed by atoms with Gasteiger partial charge in [0.05, 0.1) is 25.0 Å². The summed E-state index contributed by atoms with van der Waals surface area (Å²) in [6, 6.07) is 22.5. The summed E-state index contributed by atoms with van der Waals surface area (Å²) in [6.45, 7) is 0. The highest BCUT2D eigenvalue weighted by Gasteiger charge is 2.18. The standard InChI is InChI=1S/C24H21ClN4O3S/c1-31-19-10-6-7-16(13-19)23-27-28-24(29(23)18-8-4-3-5-9-18)33-15-22(30)26-17-11-12-21(32-2)20(25)14-17/h3-14H,15H2,1-2H3,(H,26,30). The molecule has 1 amide bonds. The van der Waals surface area contributed by atoms with Crippen molar-refractivity contribution in [3.8, 4) is 28.6 Å². The summed E-state index contributed by atoms with van der Waals surface area (Å²) >= 11 is 7.44. The first-order valence-electron chi connectivity index (χ1n) is 10.0. The summed E-state index contributed by atoms with van der Waals surface area (Å²) in [6.07, 6.45) is 0. The molecule has 1 heterocycles. The van der Waals surface area contributed by atoms with Crippen molar-refractivity contribution in [2.45, 2.75) is 5.16 Å². The van der Waals surface area contributed by atoms with E-state index in [9.17, 15) is 4.79 Å². The van der Waals surface area contributed by atoms with Crippen molar-refractivity contribution in [1.29, 1.82) is 0 Å². The van der Waals surface area contributed by atoms with Crippen LogP contribution in [0, 0.1) is 0 Å². The third-order valence-corrected chi connectivity index (χ3v) is 5.97. The number of hydrogen-bond acceptors (Lipinski definition) is 6. The molecule has 0 aliphatic heterocycles. The normalized spacial score (nSPS) is 10.6. The van der Waals surface area contributed by atoms with Crippen LogP contribution in [0.15, 0.2) is 78.0 Å². The van der Waals surface area contributed by atoms with Crippen LogP contribution in [0.1, 0.15) is 0 Å². The van der Waals surface area contributed by atoms with Gasteiger partial charge in [0.2, 0.25) is 5.91 Å². The van der Waals surface area contributed by atoms with Crippen molar-refractivity contribution < 1.29 is 14.3 Å². The van der Waals surface area contributed by atoms with E-state index >= 15 is 0 Å². The number of halogens is 1. The van der Waals surface area contributed by atoms with E-state index < -0.39 is 0 Å². The number of para-hydroxylation sites is 1. The van der Waals surface area contributed by atoms with Crippen molar-refractivity contribution in [3.05, 3.63) is 77.8 Å².